The van der Waals surface area contributed by atoms with Crippen LogP contribution in [0.25, 0.3) is 0 Å². The smallest absolute Gasteiger partial charge is 0.330 e. The van der Waals surface area contributed by atoms with Crippen molar-refractivity contribution in [3.05, 3.63) is 89.7 Å². The number of allylic oxidation sites excluding steroid dienone is 4. The Morgan fingerprint density at radius 1 is 1.00 bits per heavy atom. The Bertz CT molecular complexity index is 1050. The average Bonchev–Trinajstić information content (AvgIpc) is 2.74. The molecule has 0 saturated heterocycles. The molecule has 33 heavy (non-hydrogen) atoms. The van der Waals surface area contributed by atoms with Gasteiger partial charge in [0.15, 0.2) is 0 Å². The largest absolute Gasteiger partial charge is 0.463 e. The Labute approximate surface area is 200 Å². The van der Waals surface area contributed by atoms with Gasteiger partial charge in [-0.3, -0.25) is 0 Å². The summed E-state index contributed by atoms with van der Waals surface area (Å²) in [5, 5.41) is 0. The van der Waals surface area contributed by atoms with Crippen LogP contribution in [0, 0.1) is 10.8 Å². The molecule has 0 fully saturated rings. The normalized spacial score (nSPS) is 25.1. The second-order valence-electron chi connectivity index (χ2n) is 10.7. The fourth-order valence-corrected chi connectivity index (χ4v) is 5.22. The molecule has 1 aromatic rings. The van der Waals surface area contributed by atoms with Crippen molar-refractivity contribution in [2.75, 3.05) is 11.5 Å². The number of ether oxygens (including phenoxy) is 1. The van der Waals surface area contributed by atoms with Crippen LogP contribution in [0.1, 0.15) is 60.5 Å². The Balaban J connectivity index is 1.94. The first kappa shape index (κ1) is 24.8. The molecule has 3 rings (SSSR count). The summed E-state index contributed by atoms with van der Waals surface area (Å²) < 4.78 is 5.09. The van der Waals surface area contributed by atoms with Gasteiger partial charge in [-0.1, -0.05) is 81.9 Å². The molecule has 0 radical (unpaired) electrons. The number of esters is 1. The quantitative estimate of drug-likeness (QED) is 0.199. The van der Waals surface area contributed by atoms with Crippen LogP contribution in [0.5, 0.6) is 0 Å². The van der Waals surface area contributed by atoms with E-state index in [2.05, 4.69) is 109 Å². The van der Waals surface area contributed by atoms with Gasteiger partial charge >= 0.3 is 5.97 Å². The van der Waals surface area contributed by atoms with E-state index in [0.717, 1.165) is 24.2 Å². The number of hydrogen-bond donors (Lipinski definition) is 0. The third-order valence-corrected chi connectivity index (χ3v) is 7.63. The van der Waals surface area contributed by atoms with Crippen molar-refractivity contribution in [3.63, 3.8) is 0 Å². The minimum absolute atomic E-state index is 0.00135. The lowest BCUT2D eigenvalue weighted by molar-refractivity contribution is -0.137. The van der Waals surface area contributed by atoms with Gasteiger partial charge in [-0.25, -0.2) is 4.79 Å². The fourth-order valence-electron chi connectivity index (χ4n) is 5.22. The van der Waals surface area contributed by atoms with E-state index >= 15 is 0 Å². The predicted octanol–water partition coefficient (Wildman–Crippen LogP) is 7.33. The molecule has 0 saturated carbocycles. The number of nitrogens with zero attached hydrogens (tertiary/aromatic N) is 1. The Morgan fingerprint density at radius 3 is 2.21 bits per heavy atom. The van der Waals surface area contributed by atoms with Gasteiger partial charge < -0.3 is 9.64 Å². The summed E-state index contributed by atoms with van der Waals surface area (Å²) in [6.07, 6.45) is 9.95. The van der Waals surface area contributed by atoms with Gasteiger partial charge in [-0.15, -0.1) is 0 Å². The second kappa shape index (κ2) is 8.85. The van der Waals surface area contributed by atoms with E-state index in [1.807, 2.05) is 0 Å². The maximum atomic E-state index is 11.2. The van der Waals surface area contributed by atoms with Crippen LogP contribution >= 0.6 is 0 Å². The molecule has 0 N–H and O–H groups in total. The number of fused-ring (bicyclic) bond motifs is 1. The molecule has 1 unspecified atom stereocenters. The second-order valence-corrected chi connectivity index (χ2v) is 10.7. The van der Waals surface area contributed by atoms with Crippen molar-refractivity contribution in [1.82, 2.24) is 0 Å². The lowest BCUT2D eigenvalue weighted by Gasteiger charge is -2.51. The molecule has 3 heteroatoms. The van der Waals surface area contributed by atoms with Crippen LogP contribution in [0.4, 0.5) is 5.69 Å². The third kappa shape index (κ3) is 4.64. The molecule has 2 bridgehead atoms. The van der Waals surface area contributed by atoms with E-state index in [0.29, 0.717) is 6.61 Å². The molecule has 0 aromatic heterocycles. The van der Waals surface area contributed by atoms with E-state index in [9.17, 15) is 4.79 Å². The van der Waals surface area contributed by atoms with Crippen LogP contribution in [0.3, 0.4) is 0 Å². The minimum Gasteiger partial charge on any atom is -0.463 e. The highest BCUT2D eigenvalue weighted by Gasteiger charge is 2.45. The molecule has 1 aliphatic carbocycles. The average molecular weight is 446 g/mol. The molecular formula is C30H39NO2. The van der Waals surface area contributed by atoms with Gasteiger partial charge in [-0.2, -0.15) is 0 Å². The van der Waals surface area contributed by atoms with Crippen LogP contribution in [-0.2, 0) is 16.0 Å². The monoisotopic (exact) mass is 445 g/mol. The lowest BCUT2D eigenvalue weighted by Crippen LogP contribution is -2.49. The number of benzene rings is 1. The van der Waals surface area contributed by atoms with E-state index in [1.54, 1.807) is 0 Å². The molecule has 0 amide bonds. The first-order valence-electron chi connectivity index (χ1n) is 11.8. The number of hydrogen-bond acceptors (Lipinski definition) is 3. The SMILES string of the molecule is C=CC(=O)OCCCc1ccc(N2C(=C)/C=C(/C)C(C)(C)C3=CC2(C)C=C(C)C3(C)C)cc1. The maximum absolute atomic E-state index is 11.2. The molecule has 1 aliphatic heterocycles. The highest BCUT2D eigenvalue weighted by atomic mass is 16.5. The zero-order valence-electron chi connectivity index (χ0n) is 21.4. The van der Waals surface area contributed by atoms with Gasteiger partial charge in [-0.05, 0) is 57.4 Å². The number of rotatable bonds is 6. The van der Waals surface area contributed by atoms with E-state index < -0.39 is 0 Å². The first-order chi connectivity index (χ1) is 15.3. The highest BCUT2D eigenvalue weighted by molar-refractivity contribution is 5.81. The standard InChI is InChI=1S/C30H39NO2/c1-10-27(32)33-17-11-12-24-13-15-25(16-14-24)31-23(4)18-21(2)28(5,6)26-20-30(31,9)19-22(3)29(26,7)8/h10,13-16,18-20H,1,4,11-12,17H2,2-3,5-9H3/b21-18-. The maximum Gasteiger partial charge on any atom is 0.330 e. The minimum atomic E-state index is -0.368. The Morgan fingerprint density at radius 2 is 1.61 bits per heavy atom. The summed E-state index contributed by atoms with van der Waals surface area (Å²) in [6.45, 7) is 24.4. The molecule has 3 nitrogen and oxygen atoms in total. The van der Waals surface area contributed by atoms with Gasteiger partial charge in [0.2, 0.25) is 0 Å². The van der Waals surface area contributed by atoms with Gasteiger partial charge in [0.1, 0.15) is 0 Å². The molecule has 1 heterocycles. The summed E-state index contributed by atoms with van der Waals surface area (Å²) in [6, 6.07) is 8.67. The lowest BCUT2D eigenvalue weighted by atomic mass is 9.59. The van der Waals surface area contributed by atoms with Crippen LogP contribution < -0.4 is 4.90 Å². The van der Waals surface area contributed by atoms with Crippen molar-refractivity contribution in [2.45, 2.75) is 66.8 Å². The molecule has 1 atom stereocenters. The van der Waals surface area contributed by atoms with Crippen molar-refractivity contribution < 1.29 is 9.53 Å². The third-order valence-electron chi connectivity index (χ3n) is 7.63. The number of aryl methyl sites for hydroxylation is 1. The Hall–Kier alpha value is -2.81. The van der Waals surface area contributed by atoms with Gasteiger partial charge in [0, 0.05) is 28.3 Å². The number of anilines is 1. The number of carbonyl (C=O) groups is 1. The van der Waals surface area contributed by atoms with Gasteiger partial charge in [0.05, 0.1) is 12.1 Å². The molecule has 0 spiro atoms. The van der Waals surface area contributed by atoms with E-state index in [-0.39, 0.29) is 22.3 Å². The summed E-state index contributed by atoms with van der Waals surface area (Å²) >= 11 is 0. The summed E-state index contributed by atoms with van der Waals surface area (Å²) in [5.41, 5.74) is 7.13. The highest BCUT2D eigenvalue weighted by Crippen LogP contribution is 2.54. The summed E-state index contributed by atoms with van der Waals surface area (Å²) in [4.78, 5) is 13.5. The number of carbonyl (C=O) groups excluding carboxylic acids is 1. The van der Waals surface area contributed by atoms with Crippen molar-refractivity contribution in [3.8, 4) is 0 Å². The summed E-state index contributed by atoms with van der Waals surface area (Å²) in [5.74, 6) is -0.368. The van der Waals surface area contributed by atoms with E-state index in [4.69, 9.17) is 4.74 Å². The van der Waals surface area contributed by atoms with Crippen molar-refractivity contribution >= 4 is 11.7 Å². The molecule has 176 valence electrons. The topological polar surface area (TPSA) is 29.5 Å². The van der Waals surface area contributed by atoms with Crippen molar-refractivity contribution in [1.29, 1.82) is 0 Å². The predicted molar refractivity (Wildman–Crippen MR) is 139 cm³/mol. The fraction of sp³-hybridized carbons (Fsp3) is 0.433. The Kier molecular flexibility index (Phi) is 6.66. The van der Waals surface area contributed by atoms with E-state index in [1.165, 1.54) is 28.4 Å². The van der Waals surface area contributed by atoms with Crippen molar-refractivity contribution in [2.24, 2.45) is 10.8 Å². The summed E-state index contributed by atoms with van der Waals surface area (Å²) in [7, 11) is 0. The zero-order chi connectivity index (χ0) is 24.6. The molecular weight excluding hydrogens is 406 g/mol. The van der Waals surface area contributed by atoms with Crippen LogP contribution in [0.2, 0.25) is 0 Å². The van der Waals surface area contributed by atoms with Gasteiger partial charge in [0.25, 0.3) is 0 Å². The zero-order valence-corrected chi connectivity index (χ0v) is 21.4. The van der Waals surface area contributed by atoms with Crippen LogP contribution in [-0.4, -0.2) is 18.1 Å². The molecule has 1 aromatic carbocycles. The van der Waals surface area contributed by atoms with Crippen LogP contribution in [0.15, 0.2) is 84.1 Å². The molecule has 2 aliphatic rings. The first-order valence-corrected chi connectivity index (χ1v) is 11.8.